The minimum absolute atomic E-state index is 0.0541. The molecule has 1 unspecified atom stereocenters. The Morgan fingerprint density at radius 2 is 2.15 bits per heavy atom. The average molecular weight is 296 g/mol. The van der Waals surface area contributed by atoms with E-state index < -0.39 is 0 Å². The van der Waals surface area contributed by atoms with Crippen LogP contribution >= 0.6 is 11.6 Å². The third kappa shape index (κ3) is 3.87. The first-order valence-corrected chi connectivity index (χ1v) is 7.51. The van der Waals surface area contributed by atoms with Gasteiger partial charge in [0.05, 0.1) is 0 Å². The van der Waals surface area contributed by atoms with E-state index in [1.54, 1.807) is 6.07 Å². The Labute approximate surface area is 125 Å². The average Bonchev–Trinajstić information content (AvgIpc) is 2.94. The van der Waals surface area contributed by atoms with E-state index in [9.17, 15) is 4.79 Å². The number of nitrogens with two attached hydrogens (primary N) is 1. The molecule has 20 heavy (non-hydrogen) atoms. The monoisotopic (exact) mass is 295 g/mol. The number of aryl methyl sites for hydroxylation is 1. The maximum absolute atomic E-state index is 12.0. The fourth-order valence-corrected chi connectivity index (χ4v) is 2.92. The van der Waals surface area contributed by atoms with Crippen LogP contribution in [0.25, 0.3) is 0 Å². The lowest BCUT2D eigenvalue weighted by molar-refractivity contribution is 0.243. The van der Waals surface area contributed by atoms with Gasteiger partial charge in [0.1, 0.15) is 0 Å². The molecule has 0 aliphatic heterocycles. The maximum Gasteiger partial charge on any atom is 0.319 e. The largest absolute Gasteiger partial charge is 0.334 e. The van der Waals surface area contributed by atoms with Gasteiger partial charge in [-0.1, -0.05) is 30.5 Å². The third-order valence-corrected chi connectivity index (χ3v) is 4.38. The van der Waals surface area contributed by atoms with Crippen molar-refractivity contribution in [2.75, 3.05) is 11.9 Å². The van der Waals surface area contributed by atoms with Gasteiger partial charge in [-0.3, -0.25) is 0 Å². The Kier molecular flexibility index (Phi) is 5.26. The second-order valence-electron chi connectivity index (χ2n) is 5.45. The number of rotatable bonds is 4. The summed E-state index contributed by atoms with van der Waals surface area (Å²) in [5, 5.41) is 6.43. The lowest BCUT2D eigenvalue weighted by atomic mass is 9.98. The molecule has 1 aromatic carbocycles. The van der Waals surface area contributed by atoms with E-state index >= 15 is 0 Å². The van der Waals surface area contributed by atoms with Gasteiger partial charge < -0.3 is 16.4 Å². The highest BCUT2D eigenvalue weighted by atomic mass is 35.5. The van der Waals surface area contributed by atoms with Crippen LogP contribution in [0.1, 0.15) is 31.2 Å². The van der Waals surface area contributed by atoms with Crippen molar-refractivity contribution in [2.24, 2.45) is 11.7 Å². The van der Waals surface area contributed by atoms with Crippen LogP contribution in [0.2, 0.25) is 5.02 Å². The van der Waals surface area contributed by atoms with Crippen LogP contribution in [0.5, 0.6) is 0 Å². The van der Waals surface area contributed by atoms with E-state index in [1.807, 2.05) is 19.1 Å². The van der Waals surface area contributed by atoms with Gasteiger partial charge in [-0.15, -0.1) is 0 Å². The van der Waals surface area contributed by atoms with Gasteiger partial charge in [0.25, 0.3) is 0 Å². The van der Waals surface area contributed by atoms with Gasteiger partial charge in [0, 0.05) is 23.3 Å². The summed E-state index contributed by atoms with van der Waals surface area (Å²) in [4.78, 5) is 12.0. The molecule has 4 nitrogen and oxygen atoms in total. The summed E-state index contributed by atoms with van der Waals surface area (Å²) in [7, 11) is 0. The quantitative estimate of drug-likeness (QED) is 0.798. The third-order valence-electron chi connectivity index (χ3n) is 3.97. The molecule has 1 atom stereocenters. The first-order valence-electron chi connectivity index (χ1n) is 7.14. The van der Waals surface area contributed by atoms with Crippen molar-refractivity contribution >= 4 is 23.3 Å². The van der Waals surface area contributed by atoms with Crippen LogP contribution in [0.4, 0.5) is 10.5 Å². The molecule has 2 amide bonds. The molecule has 1 aromatic rings. The number of carbonyl (C=O) groups excluding carboxylic acids is 1. The Bertz CT molecular complexity index is 472. The van der Waals surface area contributed by atoms with Crippen molar-refractivity contribution in [3.8, 4) is 0 Å². The van der Waals surface area contributed by atoms with Crippen molar-refractivity contribution in [3.63, 3.8) is 0 Å². The molecule has 4 N–H and O–H groups in total. The van der Waals surface area contributed by atoms with Crippen molar-refractivity contribution in [1.29, 1.82) is 0 Å². The van der Waals surface area contributed by atoms with E-state index in [-0.39, 0.29) is 12.1 Å². The predicted molar refractivity (Wildman–Crippen MR) is 83.1 cm³/mol. The highest BCUT2D eigenvalue weighted by Crippen LogP contribution is 2.27. The number of benzene rings is 1. The molecule has 1 aliphatic carbocycles. The minimum Gasteiger partial charge on any atom is -0.334 e. The Balaban J connectivity index is 1.91. The Morgan fingerprint density at radius 1 is 1.45 bits per heavy atom. The Hall–Kier alpha value is -1.26. The Morgan fingerprint density at radius 3 is 2.75 bits per heavy atom. The minimum atomic E-state index is -0.215. The molecule has 110 valence electrons. The van der Waals surface area contributed by atoms with E-state index in [0.717, 1.165) is 18.4 Å². The summed E-state index contributed by atoms with van der Waals surface area (Å²) in [6.07, 6.45) is 4.77. The van der Waals surface area contributed by atoms with Gasteiger partial charge in [0.2, 0.25) is 0 Å². The number of nitrogens with one attached hydrogen (secondary N) is 2. The predicted octanol–water partition coefficient (Wildman–Crippen LogP) is 3.29. The van der Waals surface area contributed by atoms with Gasteiger partial charge in [-0.2, -0.15) is 0 Å². The normalized spacial score (nSPS) is 16.9. The molecule has 0 spiro atoms. The second-order valence-corrected chi connectivity index (χ2v) is 5.86. The maximum atomic E-state index is 12.0. The molecular weight excluding hydrogens is 274 g/mol. The smallest absolute Gasteiger partial charge is 0.319 e. The summed E-state index contributed by atoms with van der Waals surface area (Å²) in [6.45, 7) is 2.41. The van der Waals surface area contributed by atoms with Gasteiger partial charge in [-0.05, 0) is 43.4 Å². The van der Waals surface area contributed by atoms with Crippen molar-refractivity contribution in [1.82, 2.24) is 5.32 Å². The number of hydrogen-bond acceptors (Lipinski definition) is 2. The number of urea groups is 1. The van der Waals surface area contributed by atoms with Gasteiger partial charge in [-0.25, -0.2) is 4.79 Å². The lowest BCUT2D eigenvalue weighted by Gasteiger charge is -2.23. The topological polar surface area (TPSA) is 67.2 Å². The fraction of sp³-hybridized carbons (Fsp3) is 0.533. The van der Waals surface area contributed by atoms with E-state index in [1.165, 1.54) is 12.8 Å². The zero-order valence-electron chi connectivity index (χ0n) is 11.8. The highest BCUT2D eigenvalue weighted by molar-refractivity contribution is 6.31. The number of anilines is 1. The van der Waals surface area contributed by atoms with E-state index in [4.69, 9.17) is 17.3 Å². The number of hydrogen-bond donors (Lipinski definition) is 3. The highest BCUT2D eigenvalue weighted by Gasteiger charge is 2.25. The van der Waals surface area contributed by atoms with Crippen LogP contribution in [0.3, 0.4) is 0 Å². The van der Waals surface area contributed by atoms with Crippen molar-refractivity contribution in [2.45, 2.75) is 38.6 Å². The van der Waals surface area contributed by atoms with E-state index in [0.29, 0.717) is 23.2 Å². The van der Waals surface area contributed by atoms with Crippen LogP contribution in [-0.2, 0) is 0 Å². The van der Waals surface area contributed by atoms with E-state index in [2.05, 4.69) is 10.6 Å². The molecule has 1 aliphatic rings. The zero-order chi connectivity index (χ0) is 14.5. The molecule has 0 heterocycles. The summed E-state index contributed by atoms with van der Waals surface area (Å²) in [5.74, 6) is 0.507. The van der Waals surface area contributed by atoms with Crippen LogP contribution in [-0.4, -0.2) is 18.6 Å². The molecule has 0 aromatic heterocycles. The molecule has 1 saturated carbocycles. The number of carbonyl (C=O) groups is 1. The van der Waals surface area contributed by atoms with Crippen LogP contribution < -0.4 is 16.4 Å². The molecule has 0 radical (unpaired) electrons. The van der Waals surface area contributed by atoms with Crippen molar-refractivity contribution in [3.05, 3.63) is 28.8 Å². The lowest BCUT2D eigenvalue weighted by Crippen LogP contribution is -2.46. The number of amides is 2. The summed E-state index contributed by atoms with van der Waals surface area (Å²) >= 11 is 6.04. The molecular formula is C15H22ClN3O. The molecule has 2 rings (SSSR count). The van der Waals surface area contributed by atoms with Crippen molar-refractivity contribution < 1.29 is 4.79 Å². The number of halogens is 1. The SMILES string of the molecule is Cc1ccc(NC(=O)NC(CN)C2CCCC2)cc1Cl. The first kappa shape index (κ1) is 15.1. The first-order chi connectivity index (χ1) is 9.60. The van der Waals surface area contributed by atoms with Gasteiger partial charge in [0.15, 0.2) is 0 Å². The second kappa shape index (κ2) is 6.95. The summed E-state index contributed by atoms with van der Waals surface area (Å²) in [5.41, 5.74) is 7.46. The summed E-state index contributed by atoms with van der Waals surface area (Å²) in [6, 6.07) is 5.32. The molecule has 5 heteroatoms. The standard InChI is InChI=1S/C15H22ClN3O/c1-10-6-7-12(8-13(10)16)18-15(20)19-14(9-17)11-4-2-3-5-11/h6-8,11,14H,2-5,9,17H2,1H3,(H2,18,19,20). The fourth-order valence-electron chi connectivity index (χ4n) is 2.74. The molecule has 0 bridgehead atoms. The van der Waals surface area contributed by atoms with Crippen LogP contribution in [0, 0.1) is 12.8 Å². The summed E-state index contributed by atoms with van der Waals surface area (Å²) < 4.78 is 0. The van der Waals surface area contributed by atoms with Crippen LogP contribution in [0.15, 0.2) is 18.2 Å². The molecule has 0 saturated heterocycles. The van der Waals surface area contributed by atoms with Gasteiger partial charge >= 0.3 is 6.03 Å². The zero-order valence-corrected chi connectivity index (χ0v) is 12.5. The molecule has 1 fully saturated rings.